The number of fused-ring (bicyclic) bond motifs is 2. The van der Waals surface area contributed by atoms with E-state index in [1.807, 2.05) is 0 Å². The van der Waals surface area contributed by atoms with Crippen LogP contribution in [0.3, 0.4) is 0 Å². The fraction of sp³-hybridized carbons (Fsp3) is 0.0909. The van der Waals surface area contributed by atoms with Crippen LogP contribution in [-0.2, 0) is 7.05 Å². The Balaban J connectivity index is 2.59. The van der Waals surface area contributed by atoms with Gasteiger partial charge in [0.05, 0.1) is 15.9 Å². The van der Waals surface area contributed by atoms with Gasteiger partial charge in [0, 0.05) is 24.7 Å². The van der Waals surface area contributed by atoms with Gasteiger partial charge in [-0.2, -0.15) is 4.74 Å². The van der Waals surface area contributed by atoms with Crippen molar-refractivity contribution in [3.05, 3.63) is 39.8 Å². The lowest BCUT2D eigenvalue weighted by atomic mass is 10.1. The van der Waals surface area contributed by atoms with E-state index in [-0.39, 0.29) is 5.56 Å². The summed E-state index contributed by atoms with van der Waals surface area (Å²) in [5.74, 6) is 0. The minimum Gasteiger partial charge on any atom is -0.376 e. The zero-order valence-corrected chi connectivity index (χ0v) is 9.15. The first-order chi connectivity index (χ1) is 7.66. The fourth-order valence-electron chi connectivity index (χ4n) is 1.74. The van der Waals surface area contributed by atoms with Gasteiger partial charge in [0.1, 0.15) is 0 Å². The second-order valence-corrected chi connectivity index (χ2v) is 3.96. The van der Waals surface area contributed by atoms with E-state index < -0.39 is 0 Å². The molecule has 2 heterocycles. The minimum atomic E-state index is -0.170. The quantitative estimate of drug-likeness (QED) is 0.600. The molecular formula is C11H7ClN2O2. The number of halogens is 1. The summed E-state index contributed by atoms with van der Waals surface area (Å²) in [6, 6.07) is 5.13. The number of rotatable bonds is 0. The van der Waals surface area contributed by atoms with E-state index in [0.717, 1.165) is 5.39 Å². The highest BCUT2D eigenvalue weighted by atomic mass is 35.5. The number of aryl methyl sites for hydroxylation is 1. The average molecular weight is 235 g/mol. The molecule has 3 aromatic rings. The Morgan fingerprint density at radius 3 is 3.00 bits per heavy atom. The molecule has 0 unspecified atom stereocenters. The highest BCUT2D eigenvalue weighted by molar-refractivity contribution is 6.35. The molecule has 0 aliphatic heterocycles. The largest absolute Gasteiger partial charge is 0.376 e. The van der Waals surface area contributed by atoms with Crippen LogP contribution in [0.25, 0.3) is 21.9 Å². The highest BCUT2D eigenvalue weighted by Crippen LogP contribution is 2.25. The maximum Gasteiger partial charge on any atom is 0.290 e. The maximum absolute atomic E-state index is 11.7. The molecule has 0 aliphatic carbocycles. The van der Waals surface area contributed by atoms with Crippen LogP contribution < -0.4 is 5.56 Å². The molecule has 80 valence electrons. The second-order valence-electron chi connectivity index (χ2n) is 3.55. The molecule has 1 aromatic carbocycles. The molecule has 0 saturated carbocycles. The topological polar surface area (TPSA) is 48.0 Å². The summed E-state index contributed by atoms with van der Waals surface area (Å²) < 4.78 is 6.46. The van der Waals surface area contributed by atoms with Crippen molar-refractivity contribution in [1.29, 1.82) is 0 Å². The van der Waals surface area contributed by atoms with Crippen molar-refractivity contribution in [1.82, 2.24) is 9.72 Å². The predicted molar refractivity (Wildman–Crippen MR) is 61.8 cm³/mol. The van der Waals surface area contributed by atoms with Gasteiger partial charge in [-0.05, 0) is 12.1 Å². The third-order valence-electron chi connectivity index (χ3n) is 2.54. The monoisotopic (exact) mass is 234 g/mol. The van der Waals surface area contributed by atoms with Crippen molar-refractivity contribution in [2.45, 2.75) is 0 Å². The molecular weight excluding hydrogens is 228 g/mol. The van der Waals surface area contributed by atoms with Crippen LogP contribution in [0.15, 0.2) is 33.7 Å². The summed E-state index contributed by atoms with van der Waals surface area (Å²) in [4.78, 5) is 15.9. The van der Waals surface area contributed by atoms with E-state index in [1.165, 1.54) is 4.74 Å². The number of aromatic nitrogens is 2. The first-order valence-electron chi connectivity index (χ1n) is 4.71. The van der Waals surface area contributed by atoms with Crippen molar-refractivity contribution < 1.29 is 4.52 Å². The van der Waals surface area contributed by atoms with Crippen molar-refractivity contribution in [2.75, 3.05) is 0 Å². The normalized spacial score (nSPS) is 11.4. The molecule has 5 heteroatoms. The molecule has 0 radical (unpaired) electrons. The predicted octanol–water partition coefficient (Wildman–Crippen LogP) is 2.33. The first kappa shape index (κ1) is 9.42. The fourth-order valence-corrected chi connectivity index (χ4v) is 1.95. The lowest BCUT2D eigenvalue weighted by Crippen LogP contribution is -2.08. The van der Waals surface area contributed by atoms with Gasteiger partial charge in [0.25, 0.3) is 5.56 Å². The Morgan fingerprint density at radius 1 is 1.38 bits per heavy atom. The maximum atomic E-state index is 11.7. The number of hydrogen-bond acceptors (Lipinski definition) is 3. The molecule has 0 saturated heterocycles. The minimum absolute atomic E-state index is 0.170. The number of pyridine rings is 1. The van der Waals surface area contributed by atoms with Crippen LogP contribution in [0.5, 0.6) is 0 Å². The molecule has 0 spiro atoms. The summed E-state index contributed by atoms with van der Waals surface area (Å²) in [5.41, 5.74) is 1.07. The van der Waals surface area contributed by atoms with Gasteiger partial charge >= 0.3 is 0 Å². The molecule has 0 N–H and O–H groups in total. The number of hydrogen-bond donors (Lipinski definition) is 0. The van der Waals surface area contributed by atoms with Crippen molar-refractivity contribution in [2.24, 2.45) is 7.05 Å². The average Bonchev–Trinajstić information content (AvgIpc) is 2.53. The van der Waals surface area contributed by atoms with Gasteiger partial charge in [0.15, 0.2) is 5.58 Å². The van der Waals surface area contributed by atoms with Gasteiger partial charge in [-0.1, -0.05) is 11.6 Å². The molecule has 0 atom stereocenters. The van der Waals surface area contributed by atoms with Gasteiger partial charge < -0.3 is 4.52 Å². The summed E-state index contributed by atoms with van der Waals surface area (Å²) in [6.07, 6.45) is 1.62. The molecule has 2 aromatic heterocycles. The molecule has 0 aliphatic rings. The van der Waals surface area contributed by atoms with Crippen LogP contribution in [-0.4, -0.2) is 9.72 Å². The third-order valence-corrected chi connectivity index (χ3v) is 2.87. The summed E-state index contributed by atoms with van der Waals surface area (Å²) >= 11 is 6.04. The van der Waals surface area contributed by atoms with Crippen molar-refractivity contribution in [3.8, 4) is 0 Å². The summed E-state index contributed by atoms with van der Waals surface area (Å²) in [5, 5.41) is 1.86. The van der Waals surface area contributed by atoms with Gasteiger partial charge in [0.2, 0.25) is 0 Å². The zero-order chi connectivity index (χ0) is 11.3. The van der Waals surface area contributed by atoms with E-state index in [0.29, 0.717) is 21.5 Å². The van der Waals surface area contributed by atoms with E-state index in [9.17, 15) is 4.79 Å². The van der Waals surface area contributed by atoms with Crippen molar-refractivity contribution in [3.63, 3.8) is 0 Å². The molecule has 3 rings (SSSR count). The Hall–Kier alpha value is -1.81. The van der Waals surface area contributed by atoms with E-state index in [2.05, 4.69) is 4.98 Å². The third kappa shape index (κ3) is 1.17. The van der Waals surface area contributed by atoms with Crippen LogP contribution in [0.2, 0.25) is 5.02 Å². The Morgan fingerprint density at radius 2 is 2.19 bits per heavy atom. The molecule has 4 nitrogen and oxygen atoms in total. The first-order valence-corrected chi connectivity index (χ1v) is 5.09. The summed E-state index contributed by atoms with van der Waals surface area (Å²) in [7, 11) is 1.57. The van der Waals surface area contributed by atoms with E-state index in [1.54, 1.807) is 31.4 Å². The lowest BCUT2D eigenvalue weighted by Gasteiger charge is -1.97. The lowest BCUT2D eigenvalue weighted by molar-refractivity contribution is 0.324. The van der Waals surface area contributed by atoms with E-state index in [4.69, 9.17) is 16.1 Å². The van der Waals surface area contributed by atoms with Crippen LogP contribution in [0.1, 0.15) is 0 Å². The molecule has 0 bridgehead atoms. The molecule has 0 amide bonds. The van der Waals surface area contributed by atoms with Crippen LogP contribution in [0, 0.1) is 0 Å². The number of nitrogens with zero attached hydrogens (tertiary/aromatic N) is 2. The van der Waals surface area contributed by atoms with E-state index >= 15 is 0 Å². The second kappa shape index (κ2) is 3.09. The van der Waals surface area contributed by atoms with Crippen LogP contribution >= 0.6 is 11.6 Å². The Kier molecular flexibility index (Phi) is 1.82. The zero-order valence-electron chi connectivity index (χ0n) is 8.40. The highest BCUT2D eigenvalue weighted by Gasteiger charge is 2.10. The molecule has 16 heavy (non-hydrogen) atoms. The van der Waals surface area contributed by atoms with Gasteiger partial charge in [-0.15, -0.1) is 0 Å². The van der Waals surface area contributed by atoms with Gasteiger partial charge in [-0.25, -0.2) is 0 Å². The van der Waals surface area contributed by atoms with Crippen LogP contribution in [0.4, 0.5) is 0 Å². The van der Waals surface area contributed by atoms with Crippen molar-refractivity contribution >= 4 is 33.5 Å². The summed E-state index contributed by atoms with van der Waals surface area (Å²) in [6.45, 7) is 0. The van der Waals surface area contributed by atoms with Gasteiger partial charge in [-0.3, -0.25) is 9.78 Å². The smallest absolute Gasteiger partial charge is 0.290 e. The Bertz CT molecular complexity index is 758. The Labute approximate surface area is 95.0 Å². The standard InChI is InChI=1S/C11H7ClN2O2/c1-14-11(15)7-4-6-8(12)2-3-13-9(6)5-10(7)16-14/h2-5H,1H3. The number of benzene rings is 1. The molecule has 0 fully saturated rings. The SMILES string of the molecule is Cn1oc2cc3nccc(Cl)c3cc2c1=O.